The molecule has 4 nitrogen and oxygen atoms in total. The molecule has 120 valence electrons. The minimum atomic E-state index is -0.0449. The van der Waals surface area contributed by atoms with Gasteiger partial charge in [-0.1, -0.05) is 41.1 Å². The van der Waals surface area contributed by atoms with Crippen molar-refractivity contribution in [3.63, 3.8) is 0 Å². The Kier molecular flexibility index (Phi) is 4.33. The molecule has 3 rings (SSSR count). The molecule has 1 aromatic heterocycles. The summed E-state index contributed by atoms with van der Waals surface area (Å²) in [7, 11) is 0. The molecule has 1 unspecified atom stereocenters. The van der Waals surface area contributed by atoms with Crippen LogP contribution in [0.15, 0.2) is 40.4 Å². The molecular formula is C19H22N2O2. The maximum absolute atomic E-state index is 12.3. The molecule has 0 saturated carbocycles. The van der Waals surface area contributed by atoms with Crippen LogP contribution < -0.4 is 5.32 Å². The van der Waals surface area contributed by atoms with Crippen LogP contribution in [0.4, 0.5) is 0 Å². The van der Waals surface area contributed by atoms with E-state index >= 15 is 0 Å². The van der Waals surface area contributed by atoms with E-state index in [-0.39, 0.29) is 11.8 Å². The van der Waals surface area contributed by atoms with Crippen molar-refractivity contribution < 1.29 is 9.32 Å². The highest BCUT2D eigenvalue weighted by Gasteiger charge is 2.39. The fraction of sp³-hybridized carbons (Fsp3) is 0.368. The van der Waals surface area contributed by atoms with Gasteiger partial charge in [-0.2, -0.15) is 0 Å². The van der Waals surface area contributed by atoms with Gasteiger partial charge in [0.1, 0.15) is 5.76 Å². The Balaban J connectivity index is 1.46. The Morgan fingerprint density at radius 3 is 2.61 bits per heavy atom. The summed E-state index contributed by atoms with van der Waals surface area (Å²) in [6, 6.07) is 10.1. The molecule has 1 amide bonds. The van der Waals surface area contributed by atoms with Crippen molar-refractivity contribution in [2.75, 3.05) is 6.54 Å². The molecule has 0 saturated heterocycles. The lowest BCUT2D eigenvalue weighted by Crippen LogP contribution is -2.27. The number of nitrogens with one attached hydrogen (secondary N) is 1. The predicted octanol–water partition coefficient (Wildman–Crippen LogP) is 3.44. The maximum Gasteiger partial charge on any atom is 0.231 e. The highest BCUT2D eigenvalue weighted by Crippen LogP contribution is 2.46. The maximum atomic E-state index is 12.3. The minimum absolute atomic E-state index is 0.0449. The summed E-state index contributed by atoms with van der Waals surface area (Å²) in [5.41, 5.74) is 5.61. The molecule has 1 aromatic carbocycles. The number of amides is 1. The van der Waals surface area contributed by atoms with Crippen LogP contribution in [-0.2, 0) is 11.2 Å². The number of rotatable bonds is 6. The van der Waals surface area contributed by atoms with E-state index < -0.39 is 0 Å². The topological polar surface area (TPSA) is 55.1 Å². The second-order valence-electron chi connectivity index (χ2n) is 6.09. The Labute approximate surface area is 136 Å². The first-order valence-electron chi connectivity index (χ1n) is 8.05. The largest absolute Gasteiger partial charge is 0.361 e. The van der Waals surface area contributed by atoms with Crippen molar-refractivity contribution >= 4 is 11.5 Å². The molecule has 2 aromatic rings. The van der Waals surface area contributed by atoms with Gasteiger partial charge in [-0.15, -0.1) is 0 Å². The lowest BCUT2D eigenvalue weighted by atomic mass is 10.1. The van der Waals surface area contributed by atoms with Gasteiger partial charge in [0.2, 0.25) is 5.91 Å². The molecular weight excluding hydrogens is 288 g/mol. The van der Waals surface area contributed by atoms with Gasteiger partial charge in [0.25, 0.3) is 0 Å². The van der Waals surface area contributed by atoms with Gasteiger partial charge in [0.05, 0.1) is 11.6 Å². The number of nitrogens with zero attached hydrogens (tertiary/aromatic N) is 1. The van der Waals surface area contributed by atoms with Crippen molar-refractivity contribution in [3.8, 4) is 0 Å². The lowest BCUT2D eigenvalue weighted by Gasteiger charge is -2.06. The molecule has 0 spiro atoms. The smallest absolute Gasteiger partial charge is 0.231 e. The Hall–Kier alpha value is -2.36. The zero-order chi connectivity index (χ0) is 16.4. The number of hydrogen-bond acceptors (Lipinski definition) is 3. The second-order valence-corrected chi connectivity index (χ2v) is 6.09. The first-order chi connectivity index (χ1) is 11.1. The van der Waals surface area contributed by atoms with Crippen LogP contribution in [-0.4, -0.2) is 17.6 Å². The van der Waals surface area contributed by atoms with Gasteiger partial charge in [0, 0.05) is 12.1 Å². The standard InChI is InChI=1S/C19H22N2O2/c1-12-17(15-8-5-4-6-9-15)18(12)19(22)20-11-7-10-16-13(2)21-23-14(16)3/h4-6,8-9,18H,7,10-11H2,1-3H3,(H,20,22). The van der Waals surface area contributed by atoms with E-state index in [1.807, 2.05) is 39.0 Å². The van der Waals surface area contributed by atoms with Gasteiger partial charge in [-0.05, 0) is 44.7 Å². The highest BCUT2D eigenvalue weighted by molar-refractivity contribution is 6.05. The van der Waals surface area contributed by atoms with Gasteiger partial charge in [-0.3, -0.25) is 4.79 Å². The molecule has 1 N–H and O–H groups in total. The van der Waals surface area contributed by atoms with Crippen molar-refractivity contribution in [2.45, 2.75) is 33.6 Å². The van der Waals surface area contributed by atoms with E-state index in [9.17, 15) is 4.79 Å². The summed E-state index contributed by atoms with van der Waals surface area (Å²) >= 11 is 0. The molecule has 0 aliphatic heterocycles. The molecule has 0 fully saturated rings. The van der Waals surface area contributed by atoms with Crippen LogP contribution in [0, 0.1) is 19.8 Å². The first-order valence-corrected chi connectivity index (χ1v) is 8.05. The average molecular weight is 310 g/mol. The summed E-state index contributed by atoms with van der Waals surface area (Å²) in [6.07, 6.45) is 1.77. The quantitative estimate of drug-likeness (QED) is 0.832. The van der Waals surface area contributed by atoms with E-state index in [0.717, 1.165) is 35.4 Å². The molecule has 1 aliphatic rings. The number of carbonyl (C=O) groups is 1. The summed E-state index contributed by atoms with van der Waals surface area (Å²) in [4.78, 5) is 12.3. The van der Waals surface area contributed by atoms with Crippen LogP contribution in [0.1, 0.15) is 35.9 Å². The van der Waals surface area contributed by atoms with Gasteiger partial charge >= 0.3 is 0 Å². The van der Waals surface area contributed by atoms with Crippen molar-refractivity contribution in [1.29, 1.82) is 0 Å². The van der Waals surface area contributed by atoms with Crippen LogP contribution >= 0.6 is 0 Å². The normalized spacial score (nSPS) is 16.6. The summed E-state index contributed by atoms with van der Waals surface area (Å²) in [6.45, 7) is 6.59. The first kappa shape index (κ1) is 15.5. The SMILES string of the molecule is CC1=C(c2ccccc2)C1C(=O)NCCCc1c(C)noc1C. The van der Waals surface area contributed by atoms with E-state index in [1.54, 1.807) is 0 Å². The van der Waals surface area contributed by atoms with Crippen molar-refractivity contribution in [1.82, 2.24) is 10.5 Å². The monoisotopic (exact) mass is 310 g/mol. The fourth-order valence-electron chi connectivity index (χ4n) is 3.11. The number of aromatic nitrogens is 1. The number of carbonyl (C=O) groups excluding carboxylic acids is 1. The summed E-state index contributed by atoms with van der Waals surface area (Å²) in [5.74, 6) is 0.941. The second kappa shape index (κ2) is 6.41. The van der Waals surface area contributed by atoms with Crippen LogP contribution in [0.25, 0.3) is 5.57 Å². The summed E-state index contributed by atoms with van der Waals surface area (Å²) in [5, 5.41) is 7.00. The molecule has 4 heteroatoms. The van der Waals surface area contributed by atoms with Gasteiger partial charge in [0.15, 0.2) is 0 Å². The van der Waals surface area contributed by atoms with Crippen LogP contribution in [0.2, 0.25) is 0 Å². The molecule has 23 heavy (non-hydrogen) atoms. The third-order valence-corrected chi connectivity index (χ3v) is 4.49. The molecule has 1 heterocycles. The van der Waals surface area contributed by atoms with E-state index in [2.05, 4.69) is 22.6 Å². The van der Waals surface area contributed by atoms with Crippen LogP contribution in [0.3, 0.4) is 0 Å². The molecule has 1 aliphatic carbocycles. The number of aryl methyl sites for hydroxylation is 2. The van der Waals surface area contributed by atoms with E-state index in [0.29, 0.717) is 6.54 Å². The number of hydrogen-bond donors (Lipinski definition) is 1. The fourth-order valence-corrected chi connectivity index (χ4v) is 3.11. The Morgan fingerprint density at radius 2 is 1.96 bits per heavy atom. The zero-order valence-corrected chi connectivity index (χ0v) is 13.8. The third kappa shape index (κ3) is 3.21. The highest BCUT2D eigenvalue weighted by atomic mass is 16.5. The van der Waals surface area contributed by atoms with Crippen LogP contribution in [0.5, 0.6) is 0 Å². The minimum Gasteiger partial charge on any atom is -0.361 e. The lowest BCUT2D eigenvalue weighted by molar-refractivity contribution is -0.121. The Morgan fingerprint density at radius 1 is 1.22 bits per heavy atom. The number of benzene rings is 1. The molecule has 0 bridgehead atoms. The van der Waals surface area contributed by atoms with Crippen molar-refractivity contribution in [2.24, 2.45) is 5.92 Å². The Bertz CT molecular complexity index is 724. The molecule has 0 radical (unpaired) electrons. The zero-order valence-electron chi connectivity index (χ0n) is 13.8. The van der Waals surface area contributed by atoms with Gasteiger partial charge < -0.3 is 9.84 Å². The van der Waals surface area contributed by atoms with E-state index in [4.69, 9.17) is 4.52 Å². The average Bonchev–Trinajstić information content (AvgIpc) is 3.13. The molecule has 1 atom stereocenters. The third-order valence-electron chi connectivity index (χ3n) is 4.49. The van der Waals surface area contributed by atoms with Crippen molar-refractivity contribution in [3.05, 3.63) is 58.5 Å². The summed E-state index contributed by atoms with van der Waals surface area (Å²) < 4.78 is 5.15. The van der Waals surface area contributed by atoms with Gasteiger partial charge in [-0.25, -0.2) is 0 Å². The predicted molar refractivity (Wildman–Crippen MR) is 89.8 cm³/mol. The van der Waals surface area contributed by atoms with E-state index in [1.165, 1.54) is 11.1 Å².